The smallest absolute Gasteiger partial charge is 0.222 e. The molecule has 0 spiro atoms. The van der Waals surface area contributed by atoms with Crippen molar-refractivity contribution in [2.75, 3.05) is 4.72 Å². The molecule has 2 rings (SSSR count). The largest absolute Gasteiger partial charge is 0.286 e. The Balaban J connectivity index is 2.53. The second-order valence-electron chi connectivity index (χ2n) is 2.97. The van der Waals surface area contributed by atoms with E-state index in [0.29, 0.717) is 5.56 Å². The van der Waals surface area contributed by atoms with Gasteiger partial charge in [0.15, 0.2) is 0 Å². The Morgan fingerprint density at radius 2 is 1.93 bits per heavy atom. The van der Waals surface area contributed by atoms with E-state index >= 15 is 0 Å². The van der Waals surface area contributed by atoms with Crippen LogP contribution in [0, 0.1) is 0 Å². The fraction of sp³-hybridized carbons (Fsp3) is 0. The highest BCUT2D eigenvalue weighted by Crippen LogP contribution is 2.29. The molecule has 1 aromatic carbocycles. The number of rotatable bonds is 2. The van der Waals surface area contributed by atoms with Crippen LogP contribution in [-0.4, -0.2) is 16.8 Å². The molecule has 0 aliphatic carbocycles. The van der Waals surface area contributed by atoms with E-state index in [1.807, 2.05) is 0 Å². The Bertz CT molecular complexity index is 606. The lowest BCUT2D eigenvalue weighted by molar-refractivity contribution is 0.605. The van der Waals surface area contributed by atoms with Gasteiger partial charge in [0.2, 0.25) is 20.7 Å². The van der Waals surface area contributed by atoms with E-state index < -0.39 is 20.7 Å². The highest BCUT2D eigenvalue weighted by atomic mass is 32.2. The van der Waals surface area contributed by atoms with Gasteiger partial charge in [-0.25, -0.2) is 16.8 Å². The highest BCUT2D eigenvalue weighted by molar-refractivity contribution is 7.94. The summed E-state index contributed by atoms with van der Waals surface area (Å²) in [4.78, 5) is 0.129. The van der Waals surface area contributed by atoms with Gasteiger partial charge in [0.1, 0.15) is 0 Å². The molecule has 0 amide bonds. The Kier molecular flexibility index (Phi) is 2.28. The fourth-order valence-electron chi connectivity index (χ4n) is 1.33. The zero-order valence-electron chi connectivity index (χ0n) is 7.38. The number of anilines is 1. The Morgan fingerprint density at radius 3 is 2.60 bits per heavy atom. The number of hydrogen-bond donors (Lipinski definition) is 2. The van der Waals surface area contributed by atoms with E-state index in [4.69, 9.17) is 0 Å². The van der Waals surface area contributed by atoms with E-state index in [-0.39, 0.29) is 10.6 Å². The first-order valence-corrected chi connectivity index (χ1v) is 6.70. The summed E-state index contributed by atoms with van der Waals surface area (Å²) in [6.45, 7) is 0. The minimum Gasteiger partial charge on any atom is -0.286 e. The molecule has 7 heteroatoms. The molecule has 0 saturated carbocycles. The van der Waals surface area contributed by atoms with E-state index in [9.17, 15) is 16.8 Å². The summed E-state index contributed by atoms with van der Waals surface area (Å²) in [7, 11) is -6.16. The number of sulfone groups is 1. The number of fused-ring (bicyclic) bond motifs is 1. The molecule has 1 aliphatic heterocycles. The van der Waals surface area contributed by atoms with Crippen molar-refractivity contribution in [3.05, 3.63) is 29.2 Å². The number of hydrogen-bond acceptors (Lipinski definition) is 4. The maximum Gasteiger partial charge on any atom is 0.222 e. The second-order valence-corrected chi connectivity index (χ2v) is 5.51. The van der Waals surface area contributed by atoms with Gasteiger partial charge in [-0.1, -0.05) is 6.07 Å². The Hall–Kier alpha value is -1.34. The predicted molar refractivity (Wildman–Crippen MR) is 56.6 cm³/mol. The molecule has 1 N–H and O–H groups in total. The Morgan fingerprint density at radius 1 is 1.20 bits per heavy atom. The molecule has 0 saturated heterocycles. The predicted octanol–water partition coefficient (Wildman–Crippen LogP) is 0.383. The SMILES string of the molecule is O=[SH](=O)Nc1ccc2c(c1)S(=O)(=O)C=C2. The Labute approximate surface area is 88.4 Å². The second kappa shape index (κ2) is 3.35. The van der Waals surface area contributed by atoms with Gasteiger partial charge in [-0.15, -0.1) is 0 Å². The van der Waals surface area contributed by atoms with Crippen LogP contribution in [-0.2, 0) is 20.7 Å². The number of thiol groups is 1. The van der Waals surface area contributed by atoms with Crippen molar-refractivity contribution in [1.29, 1.82) is 0 Å². The highest BCUT2D eigenvalue weighted by Gasteiger charge is 2.20. The molecule has 0 fully saturated rings. The van der Waals surface area contributed by atoms with Crippen molar-refractivity contribution in [2.45, 2.75) is 4.90 Å². The minimum absolute atomic E-state index is 0.129. The average Bonchev–Trinajstić information content (AvgIpc) is 2.42. The van der Waals surface area contributed by atoms with Crippen molar-refractivity contribution in [2.24, 2.45) is 0 Å². The summed E-state index contributed by atoms with van der Waals surface area (Å²) in [6, 6.07) is 4.36. The van der Waals surface area contributed by atoms with Gasteiger partial charge in [-0.2, -0.15) is 0 Å². The standard InChI is InChI=1S/C8H7NO4S2/c10-14(11)9-7-2-1-6-3-4-15(12,13)8(6)5-7/h1-5,14H,(H,9,10,11). The van der Waals surface area contributed by atoms with Gasteiger partial charge < -0.3 is 0 Å². The summed E-state index contributed by atoms with van der Waals surface area (Å²) in [6.07, 6.45) is 1.48. The third-order valence-electron chi connectivity index (χ3n) is 1.97. The summed E-state index contributed by atoms with van der Waals surface area (Å²) < 4.78 is 45.8. The molecule has 1 aliphatic rings. The normalized spacial score (nSPS) is 16.6. The molecule has 0 bridgehead atoms. The van der Waals surface area contributed by atoms with Crippen LogP contribution in [0.5, 0.6) is 0 Å². The maximum absolute atomic E-state index is 11.4. The van der Waals surface area contributed by atoms with E-state index in [2.05, 4.69) is 4.72 Å². The molecule has 0 radical (unpaired) electrons. The van der Waals surface area contributed by atoms with Crippen molar-refractivity contribution >= 4 is 32.5 Å². The fourth-order valence-corrected chi connectivity index (χ4v) is 2.91. The third kappa shape index (κ3) is 1.88. The van der Waals surface area contributed by atoms with Crippen LogP contribution in [0.25, 0.3) is 6.08 Å². The van der Waals surface area contributed by atoms with Gasteiger partial charge in [0.05, 0.1) is 4.90 Å². The van der Waals surface area contributed by atoms with Gasteiger partial charge in [0, 0.05) is 11.1 Å². The van der Waals surface area contributed by atoms with E-state index in [1.54, 1.807) is 6.07 Å². The lowest BCUT2D eigenvalue weighted by atomic mass is 10.2. The van der Waals surface area contributed by atoms with Crippen molar-refractivity contribution in [1.82, 2.24) is 0 Å². The van der Waals surface area contributed by atoms with Gasteiger partial charge in [-0.3, -0.25) is 4.72 Å². The first-order valence-electron chi connectivity index (χ1n) is 3.97. The quantitative estimate of drug-likeness (QED) is 0.738. The molecule has 1 heterocycles. The molecule has 0 atom stereocenters. The lowest BCUT2D eigenvalue weighted by Gasteiger charge is -2.02. The van der Waals surface area contributed by atoms with Crippen molar-refractivity contribution in [3.8, 4) is 0 Å². The number of nitrogens with one attached hydrogen (secondary N) is 1. The molecule has 80 valence electrons. The zero-order chi connectivity index (χ0) is 11.1. The molecular weight excluding hydrogens is 238 g/mol. The van der Waals surface area contributed by atoms with Crippen LogP contribution in [0.15, 0.2) is 28.5 Å². The van der Waals surface area contributed by atoms with Gasteiger partial charge >= 0.3 is 0 Å². The first-order chi connectivity index (χ1) is 6.99. The van der Waals surface area contributed by atoms with Crippen LogP contribution >= 0.6 is 0 Å². The maximum atomic E-state index is 11.4. The first kappa shape index (κ1) is 10.2. The molecule has 1 aromatic rings. The van der Waals surface area contributed by atoms with Crippen LogP contribution in [0.4, 0.5) is 5.69 Å². The molecular formula is C8H7NO4S2. The van der Waals surface area contributed by atoms with Gasteiger partial charge in [0.25, 0.3) is 0 Å². The number of benzene rings is 1. The molecule has 0 unspecified atom stereocenters. The van der Waals surface area contributed by atoms with Crippen LogP contribution in [0.1, 0.15) is 5.56 Å². The topological polar surface area (TPSA) is 80.3 Å². The van der Waals surface area contributed by atoms with Gasteiger partial charge in [-0.05, 0) is 23.8 Å². The molecule has 0 aromatic heterocycles. The molecule has 15 heavy (non-hydrogen) atoms. The van der Waals surface area contributed by atoms with Crippen LogP contribution in [0.3, 0.4) is 0 Å². The average molecular weight is 245 g/mol. The lowest BCUT2D eigenvalue weighted by Crippen LogP contribution is -1.98. The summed E-state index contributed by atoms with van der Waals surface area (Å²) >= 11 is 0. The van der Waals surface area contributed by atoms with E-state index in [1.165, 1.54) is 18.2 Å². The monoisotopic (exact) mass is 245 g/mol. The zero-order valence-corrected chi connectivity index (χ0v) is 9.09. The minimum atomic E-state index is -3.38. The summed E-state index contributed by atoms with van der Waals surface area (Å²) in [5.41, 5.74) is 0.818. The summed E-state index contributed by atoms with van der Waals surface area (Å²) in [5.74, 6) is 0. The van der Waals surface area contributed by atoms with E-state index in [0.717, 1.165) is 5.41 Å². The summed E-state index contributed by atoms with van der Waals surface area (Å²) in [5, 5.41) is 1.10. The van der Waals surface area contributed by atoms with Crippen LogP contribution < -0.4 is 4.72 Å². The van der Waals surface area contributed by atoms with Crippen molar-refractivity contribution in [3.63, 3.8) is 0 Å². The molecule has 5 nitrogen and oxygen atoms in total. The van der Waals surface area contributed by atoms with Crippen molar-refractivity contribution < 1.29 is 16.8 Å². The third-order valence-corrected chi connectivity index (χ3v) is 3.87. The van der Waals surface area contributed by atoms with Crippen LogP contribution in [0.2, 0.25) is 0 Å².